The smallest absolute Gasteiger partial charge is 0.317 e. The SMILES string of the molecule is CCc1ccccc1NC(=O)c1cccc([C@H]2CCCN(C(=O)NC)C2)c1. The van der Waals surface area contributed by atoms with Crippen LogP contribution in [0.4, 0.5) is 10.5 Å². The third-order valence-corrected chi connectivity index (χ3v) is 5.19. The monoisotopic (exact) mass is 365 g/mol. The predicted molar refractivity (Wildman–Crippen MR) is 108 cm³/mol. The van der Waals surface area contributed by atoms with Crippen LogP contribution in [0.1, 0.15) is 47.2 Å². The lowest BCUT2D eigenvalue weighted by Gasteiger charge is -2.32. The topological polar surface area (TPSA) is 61.4 Å². The summed E-state index contributed by atoms with van der Waals surface area (Å²) in [6, 6.07) is 15.6. The van der Waals surface area contributed by atoms with Crippen LogP contribution in [0.15, 0.2) is 48.5 Å². The molecule has 2 aromatic carbocycles. The lowest BCUT2D eigenvalue weighted by atomic mass is 9.89. The second-order valence-corrected chi connectivity index (χ2v) is 6.93. The van der Waals surface area contributed by atoms with Gasteiger partial charge >= 0.3 is 6.03 Å². The number of carbonyl (C=O) groups is 2. The normalized spacial score (nSPS) is 16.7. The third kappa shape index (κ3) is 4.48. The molecule has 5 nitrogen and oxygen atoms in total. The van der Waals surface area contributed by atoms with Crippen LogP contribution in [0.25, 0.3) is 0 Å². The summed E-state index contributed by atoms with van der Waals surface area (Å²) in [6.45, 7) is 3.54. The van der Waals surface area contributed by atoms with Gasteiger partial charge < -0.3 is 15.5 Å². The summed E-state index contributed by atoms with van der Waals surface area (Å²) < 4.78 is 0. The molecular formula is C22H27N3O2. The Morgan fingerprint density at radius 1 is 1.15 bits per heavy atom. The van der Waals surface area contributed by atoms with Crippen molar-refractivity contribution in [3.63, 3.8) is 0 Å². The molecule has 2 N–H and O–H groups in total. The Labute approximate surface area is 160 Å². The maximum atomic E-state index is 12.8. The lowest BCUT2D eigenvalue weighted by Crippen LogP contribution is -2.43. The Balaban J connectivity index is 1.75. The average Bonchev–Trinajstić information content (AvgIpc) is 2.73. The largest absolute Gasteiger partial charge is 0.341 e. The molecule has 142 valence electrons. The zero-order chi connectivity index (χ0) is 19.2. The highest BCUT2D eigenvalue weighted by Gasteiger charge is 2.24. The van der Waals surface area contributed by atoms with E-state index in [-0.39, 0.29) is 17.9 Å². The molecule has 0 radical (unpaired) electrons. The first-order chi connectivity index (χ1) is 13.1. The van der Waals surface area contributed by atoms with Crippen molar-refractivity contribution in [2.75, 3.05) is 25.5 Å². The molecule has 3 rings (SSSR count). The molecule has 1 heterocycles. The van der Waals surface area contributed by atoms with Gasteiger partial charge in [0.2, 0.25) is 0 Å². The van der Waals surface area contributed by atoms with Gasteiger partial charge in [-0.15, -0.1) is 0 Å². The van der Waals surface area contributed by atoms with E-state index in [0.717, 1.165) is 42.6 Å². The highest BCUT2D eigenvalue weighted by Crippen LogP contribution is 2.28. The molecule has 1 fully saturated rings. The summed E-state index contributed by atoms with van der Waals surface area (Å²) in [5, 5.41) is 5.73. The number of anilines is 1. The molecule has 0 saturated carbocycles. The molecule has 0 aliphatic carbocycles. The number of nitrogens with zero attached hydrogens (tertiary/aromatic N) is 1. The molecule has 1 atom stereocenters. The van der Waals surface area contributed by atoms with E-state index in [1.165, 1.54) is 0 Å². The third-order valence-electron chi connectivity index (χ3n) is 5.19. The van der Waals surface area contributed by atoms with Crippen molar-refractivity contribution in [2.24, 2.45) is 0 Å². The van der Waals surface area contributed by atoms with Crippen LogP contribution < -0.4 is 10.6 Å². The number of aryl methyl sites for hydroxylation is 1. The van der Waals surface area contributed by atoms with Crippen molar-refractivity contribution >= 4 is 17.6 Å². The molecule has 3 amide bonds. The van der Waals surface area contributed by atoms with Gasteiger partial charge in [-0.1, -0.05) is 37.3 Å². The molecule has 2 aromatic rings. The van der Waals surface area contributed by atoms with Gasteiger partial charge in [0, 0.05) is 37.3 Å². The minimum atomic E-state index is -0.100. The molecule has 0 unspecified atom stereocenters. The van der Waals surface area contributed by atoms with Crippen molar-refractivity contribution in [3.8, 4) is 0 Å². The van der Waals surface area contributed by atoms with Gasteiger partial charge in [0.15, 0.2) is 0 Å². The number of likely N-dealkylation sites (tertiary alicyclic amines) is 1. The Hall–Kier alpha value is -2.82. The molecule has 27 heavy (non-hydrogen) atoms. The number of hydrogen-bond donors (Lipinski definition) is 2. The fourth-order valence-corrected chi connectivity index (χ4v) is 3.67. The van der Waals surface area contributed by atoms with Crippen LogP contribution >= 0.6 is 0 Å². The molecule has 1 saturated heterocycles. The van der Waals surface area contributed by atoms with Crippen molar-refractivity contribution in [1.29, 1.82) is 0 Å². The number of carbonyl (C=O) groups excluding carboxylic acids is 2. The highest BCUT2D eigenvalue weighted by molar-refractivity contribution is 6.04. The number of hydrogen-bond acceptors (Lipinski definition) is 2. The molecule has 5 heteroatoms. The standard InChI is InChI=1S/C22H27N3O2/c1-3-16-8-4-5-12-20(16)24-21(26)18-10-6-9-17(14-18)19-11-7-13-25(15-19)22(27)23-2/h4-6,8-10,12,14,19H,3,7,11,13,15H2,1-2H3,(H,23,27)(H,24,26)/t19-/m0/s1. The van der Waals surface area contributed by atoms with Crippen LogP contribution in [-0.2, 0) is 6.42 Å². The number of amides is 3. The van der Waals surface area contributed by atoms with E-state index in [0.29, 0.717) is 12.1 Å². The molecule has 0 aromatic heterocycles. The second-order valence-electron chi connectivity index (χ2n) is 6.93. The van der Waals surface area contributed by atoms with Gasteiger partial charge in [-0.25, -0.2) is 4.79 Å². The quantitative estimate of drug-likeness (QED) is 0.860. The maximum Gasteiger partial charge on any atom is 0.317 e. The fraction of sp³-hybridized carbons (Fsp3) is 0.364. The first kappa shape index (κ1) is 19.0. The summed E-state index contributed by atoms with van der Waals surface area (Å²) >= 11 is 0. The number of nitrogens with one attached hydrogen (secondary N) is 2. The highest BCUT2D eigenvalue weighted by atomic mass is 16.2. The number of benzene rings is 2. The van der Waals surface area contributed by atoms with Crippen molar-refractivity contribution in [2.45, 2.75) is 32.1 Å². The van der Waals surface area contributed by atoms with Crippen molar-refractivity contribution in [1.82, 2.24) is 10.2 Å². The van der Waals surface area contributed by atoms with Crippen LogP contribution in [0, 0.1) is 0 Å². The van der Waals surface area contributed by atoms with E-state index in [4.69, 9.17) is 0 Å². The zero-order valence-electron chi connectivity index (χ0n) is 16.0. The van der Waals surface area contributed by atoms with Gasteiger partial charge in [-0.05, 0) is 48.6 Å². The summed E-state index contributed by atoms with van der Waals surface area (Å²) in [7, 11) is 1.66. The number of rotatable bonds is 4. The van der Waals surface area contributed by atoms with Crippen molar-refractivity contribution < 1.29 is 9.59 Å². The number of urea groups is 1. The predicted octanol–water partition coefficient (Wildman–Crippen LogP) is 4.02. The number of para-hydroxylation sites is 1. The number of piperidine rings is 1. The van der Waals surface area contributed by atoms with Gasteiger partial charge in [0.05, 0.1) is 0 Å². The van der Waals surface area contributed by atoms with Crippen LogP contribution in [0.3, 0.4) is 0 Å². The van der Waals surface area contributed by atoms with E-state index < -0.39 is 0 Å². The Morgan fingerprint density at radius 3 is 2.74 bits per heavy atom. The first-order valence-electron chi connectivity index (χ1n) is 9.58. The van der Waals surface area contributed by atoms with Gasteiger partial charge in [-0.3, -0.25) is 4.79 Å². The molecule has 0 bridgehead atoms. The Kier molecular flexibility index (Phi) is 6.12. The van der Waals surface area contributed by atoms with Gasteiger partial charge in [0.25, 0.3) is 5.91 Å². The average molecular weight is 365 g/mol. The molecule has 1 aliphatic rings. The summed E-state index contributed by atoms with van der Waals surface area (Å²) in [6.07, 6.45) is 2.86. The van der Waals surface area contributed by atoms with Crippen LogP contribution in [-0.4, -0.2) is 37.0 Å². The van der Waals surface area contributed by atoms with E-state index in [1.807, 2.05) is 47.4 Å². The van der Waals surface area contributed by atoms with Crippen LogP contribution in [0.2, 0.25) is 0 Å². The minimum Gasteiger partial charge on any atom is -0.341 e. The lowest BCUT2D eigenvalue weighted by molar-refractivity contribution is 0.102. The van der Waals surface area contributed by atoms with E-state index in [2.05, 4.69) is 23.6 Å². The molecule has 1 aliphatic heterocycles. The first-order valence-corrected chi connectivity index (χ1v) is 9.58. The molecule has 0 spiro atoms. The van der Waals surface area contributed by atoms with E-state index in [1.54, 1.807) is 7.05 Å². The second kappa shape index (κ2) is 8.71. The summed E-state index contributed by atoms with van der Waals surface area (Å²) in [5.41, 5.74) is 3.74. The Bertz CT molecular complexity index is 819. The van der Waals surface area contributed by atoms with E-state index in [9.17, 15) is 9.59 Å². The van der Waals surface area contributed by atoms with Crippen LogP contribution in [0.5, 0.6) is 0 Å². The minimum absolute atomic E-state index is 0.0372. The fourth-order valence-electron chi connectivity index (χ4n) is 3.67. The van der Waals surface area contributed by atoms with Crippen molar-refractivity contribution in [3.05, 3.63) is 65.2 Å². The van der Waals surface area contributed by atoms with Gasteiger partial charge in [0.1, 0.15) is 0 Å². The molecular weight excluding hydrogens is 338 g/mol. The van der Waals surface area contributed by atoms with E-state index >= 15 is 0 Å². The maximum absolute atomic E-state index is 12.8. The zero-order valence-corrected chi connectivity index (χ0v) is 16.0. The van der Waals surface area contributed by atoms with Gasteiger partial charge in [-0.2, -0.15) is 0 Å². The summed E-state index contributed by atoms with van der Waals surface area (Å²) in [5.74, 6) is 0.156. The Morgan fingerprint density at radius 2 is 1.96 bits per heavy atom. The summed E-state index contributed by atoms with van der Waals surface area (Å²) in [4.78, 5) is 26.5.